The van der Waals surface area contributed by atoms with Crippen LogP contribution in [-0.4, -0.2) is 90.9 Å². The maximum Gasteiger partial charge on any atom is 0.255 e. The van der Waals surface area contributed by atoms with Gasteiger partial charge in [-0.2, -0.15) is 15.3 Å². The zero-order valence-electron chi connectivity index (χ0n) is 49.7. The van der Waals surface area contributed by atoms with Gasteiger partial charge in [-0.3, -0.25) is 24.4 Å². The molecule has 3 N–H and O–H groups in total. The molecule has 9 aromatic rings. The quantitative estimate of drug-likeness (QED) is 0.0606. The first kappa shape index (κ1) is 67.9. The van der Waals surface area contributed by atoms with Gasteiger partial charge in [-0.1, -0.05) is 87.8 Å². The first-order valence-electron chi connectivity index (χ1n) is 28.2. The first-order valence-corrected chi connectivity index (χ1v) is 33.7. The summed E-state index contributed by atoms with van der Waals surface area (Å²) in [6, 6.07) is 27.7. The van der Waals surface area contributed by atoms with Gasteiger partial charge in [0.25, 0.3) is 17.7 Å². The van der Waals surface area contributed by atoms with E-state index in [4.69, 9.17) is 34.8 Å². The summed E-state index contributed by atoms with van der Waals surface area (Å²) in [5.74, 6) is -0.684. The van der Waals surface area contributed by atoms with E-state index in [0.29, 0.717) is 61.6 Å². The number of nitrogens with one attached hydrogen (secondary N) is 3. The molecule has 0 radical (unpaired) electrons. The van der Waals surface area contributed by atoms with Crippen molar-refractivity contribution in [2.75, 3.05) is 12.0 Å². The number of aromatic nitrogens is 9. The summed E-state index contributed by atoms with van der Waals surface area (Å²) in [6.07, 6.45) is 18.5. The van der Waals surface area contributed by atoms with E-state index >= 15 is 0 Å². The number of hydrogen-bond acceptors (Lipinski definition) is 13. The number of pyridine rings is 3. The molecule has 3 atom stereocenters. The Labute approximate surface area is 536 Å². The van der Waals surface area contributed by atoms with Gasteiger partial charge in [-0.25, -0.2) is 35.9 Å². The van der Waals surface area contributed by atoms with Gasteiger partial charge < -0.3 is 16.0 Å². The number of carbonyl (C=O) groups excluding carboxylic acids is 3. The lowest BCUT2D eigenvalue weighted by Crippen LogP contribution is -2.29. The highest BCUT2D eigenvalue weighted by atomic mass is 79.9. The smallest absolute Gasteiger partial charge is 0.255 e. The average Bonchev–Trinajstić information content (AvgIpc) is 2.94. The minimum Gasteiger partial charge on any atom is -0.345 e. The van der Waals surface area contributed by atoms with Crippen molar-refractivity contribution >= 4 is 88.1 Å². The van der Waals surface area contributed by atoms with E-state index in [1.165, 1.54) is 30.9 Å². The number of carbonyl (C=O) groups is 3. The molecule has 0 aliphatic rings. The zero-order chi connectivity index (χ0) is 63.9. The molecule has 9 rings (SSSR count). The van der Waals surface area contributed by atoms with E-state index in [0.717, 1.165) is 70.3 Å². The summed E-state index contributed by atoms with van der Waals surface area (Å²) in [7, 11) is -6.76. The molecule has 25 heteroatoms. The molecule has 6 heterocycles. The predicted molar refractivity (Wildman–Crippen MR) is 347 cm³/mol. The summed E-state index contributed by atoms with van der Waals surface area (Å²) in [6.45, 7) is 13.2. The third kappa shape index (κ3) is 17.6. The normalized spacial score (nSPS) is 12.4. The largest absolute Gasteiger partial charge is 0.345 e. The second-order valence-corrected chi connectivity index (χ2v) is 27.0. The standard InChI is InChI=1S/C22H25ClN4O3S.C21H23ClN4O3S.C20H20BrClN4O/c1-4-6-21(16-11-19(13-24-12-16)31(29,30)5-2)26-22(28)20-14-25-27(15(20)3)18-9-7-17(23)8-10-18;1-4-5-19(15-6-11-20(23-12-15)30(3,28)29)25-21(27)18-13-24-26(14(18)2)17-9-7-16(22)8-10-17;1-3-4-19(14-9-15(21)11-23-10-14)25-20(27)18-12-24-26(13(18)2)17-7-5-16(22)6-8-17/h7-14,21H,4-6H2,1-3H3,(H,26,28);6-13,19H,4-5H2,1-3H3,(H,25,27);5-12,19H,3-4H2,1-2H3,(H,25,27). The molecule has 3 unspecified atom stereocenters. The number of halogens is 4. The van der Waals surface area contributed by atoms with Gasteiger partial charge in [0.15, 0.2) is 24.7 Å². The third-order valence-corrected chi connectivity index (χ3v) is 18.1. The fraction of sp³-hybridized carbons (Fsp3) is 0.286. The van der Waals surface area contributed by atoms with Crippen LogP contribution in [0.3, 0.4) is 0 Å². The maximum atomic E-state index is 13.0. The number of rotatable bonds is 21. The number of amides is 3. The molecule has 0 aliphatic heterocycles. The van der Waals surface area contributed by atoms with Crippen LogP contribution in [0, 0.1) is 20.8 Å². The Kier molecular flexibility index (Phi) is 23.9. The summed E-state index contributed by atoms with van der Waals surface area (Å²) >= 11 is 21.3. The molecule has 6 aromatic heterocycles. The predicted octanol–water partition coefficient (Wildman–Crippen LogP) is 13.5. The van der Waals surface area contributed by atoms with Gasteiger partial charge in [-0.15, -0.1) is 0 Å². The molecule has 0 bridgehead atoms. The van der Waals surface area contributed by atoms with E-state index in [-0.39, 0.29) is 51.5 Å². The molecule has 88 heavy (non-hydrogen) atoms. The Balaban J connectivity index is 0.000000189. The maximum absolute atomic E-state index is 13.0. The van der Waals surface area contributed by atoms with Crippen LogP contribution in [0.2, 0.25) is 15.1 Å². The van der Waals surface area contributed by atoms with Gasteiger partial charge in [0.2, 0.25) is 0 Å². The average molecular weight is 1360 g/mol. The third-order valence-electron chi connectivity index (χ3n) is 14.2. The van der Waals surface area contributed by atoms with Crippen molar-refractivity contribution in [1.82, 2.24) is 60.2 Å². The van der Waals surface area contributed by atoms with Gasteiger partial charge in [0.1, 0.15) is 0 Å². The van der Waals surface area contributed by atoms with Crippen LogP contribution in [0.1, 0.15) is 149 Å². The molecule has 0 saturated heterocycles. The molecule has 3 amide bonds. The fourth-order valence-electron chi connectivity index (χ4n) is 9.36. The molecule has 0 spiro atoms. The number of hydrogen-bond donors (Lipinski definition) is 3. The van der Waals surface area contributed by atoms with E-state index in [9.17, 15) is 31.2 Å². The molecular formula is C63H68BrCl3N12O7S2. The Bertz CT molecular complexity index is 4090. The first-order chi connectivity index (χ1) is 42.0. The summed E-state index contributed by atoms with van der Waals surface area (Å²) in [5, 5.41) is 24.1. The van der Waals surface area contributed by atoms with Crippen LogP contribution in [0.25, 0.3) is 17.1 Å². The van der Waals surface area contributed by atoms with Crippen molar-refractivity contribution in [3.05, 3.63) is 217 Å². The topological polar surface area (TPSA) is 248 Å². The van der Waals surface area contributed by atoms with Gasteiger partial charge >= 0.3 is 0 Å². The Morgan fingerprint density at radius 2 is 0.852 bits per heavy atom. The number of nitrogens with zero attached hydrogens (tertiary/aromatic N) is 9. The highest BCUT2D eigenvalue weighted by Crippen LogP contribution is 2.27. The second-order valence-electron chi connectivity index (χ2n) is 20.5. The van der Waals surface area contributed by atoms with Gasteiger partial charge in [-0.05, 0) is 164 Å². The monoisotopic (exact) mass is 1350 g/mol. The van der Waals surface area contributed by atoms with Gasteiger partial charge in [0.05, 0.1) is 98.2 Å². The van der Waals surface area contributed by atoms with E-state index in [1.54, 1.807) is 94.3 Å². The van der Waals surface area contributed by atoms with Crippen molar-refractivity contribution in [3.8, 4) is 17.1 Å². The van der Waals surface area contributed by atoms with Crippen molar-refractivity contribution in [1.29, 1.82) is 0 Å². The van der Waals surface area contributed by atoms with Crippen LogP contribution in [0.4, 0.5) is 0 Å². The highest BCUT2D eigenvalue weighted by molar-refractivity contribution is 9.10. The van der Waals surface area contributed by atoms with Crippen molar-refractivity contribution in [3.63, 3.8) is 0 Å². The molecular weight excluding hydrogens is 1290 g/mol. The zero-order valence-corrected chi connectivity index (χ0v) is 55.2. The lowest BCUT2D eigenvalue weighted by atomic mass is 10.0. The summed E-state index contributed by atoms with van der Waals surface area (Å²) in [5.41, 5.74) is 8.48. The van der Waals surface area contributed by atoms with Crippen LogP contribution < -0.4 is 16.0 Å². The molecule has 462 valence electrons. The van der Waals surface area contributed by atoms with E-state index in [2.05, 4.69) is 69.1 Å². The fourth-order valence-corrected chi connectivity index (χ4v) is 11.6. The highest BCUT2D eigenvalue weighted by Gasteiger charge is 2.25. The Hall–Kier alpha value is -7.60. The molecule has 0 aliphatic carbocycles. The molecule has 0 saturated carbocycles. The van der Waals surface area contributed by atoms with E-state index < -0.39 is 19.7 Å². The molecule has 0 fully saturated rings. The summed E-state index contributed by atoms with van der Waals surface area (Å²) < 4.78 is 53.7. The van der Waals surface area contributed by atoms with Crippen molar-refractivity contribution in [2.45, 2.75) is 115 Å². The van der Waals surface area contributed by atoms with Crippen molar-refractivity contribution < 1.29 is 31.2 Å². The minimum absolute atomic E-state index is 0.00732. The van der Waals surface area contributed by atoms with E-state index in [1.807, 2.05) is 77.1 Å². The lowest BCUT2D eigenvalue weighted by Gasteiger charge is -2.19. The van der Waals surface area contributed by atoms with Crippen molar-refractivity contribution in [2.24, 2.45) is 0 Å². The molecule has 3 aromatic carbocycles. The Morgan fingerprint density at radius 3 is 1.18 bits per heavy atom. The minimum atomic E-state index is -3.38. The van der Waals surface area contributed by atoms with Gasteiger partial charge in [0, 0.05) is 56.8 Å². The number of sulfone groups is 2. The van der Waals surface area contributed by atoms with Crippen LogP contribution in [0.15, 0.2) is 161 Å². The van der Waals surface area contributed by atoms with Crippen LogP contribution in [0.5, 0.6) is 0 Å². The Morgan fingerprint density at radius 1 is 0.489 bits per heavy atom. The SMILES string of the molecule is CCCC(NC(=O)c1cnn(-c2ccc(Cl)cc2)c1C)c1ccc(S(C)(=O)=O)nc1.CCCC(NC(=O)c1cnn(-c2ccc(Cl)cc2)c1C)c1cncc(Br)c1.CCCC(NC(=O)c1cnn(-c2ccc(Cl)cc2)c1C)c1cncc(S(=O)(=O)CC)c1. The molecule has 19 nitrogen and oxygen atoms in total. The lowest BCUT2D eigenvalue weighted by molar-refractivity contribution is 0.0925. The number of benzene rings is 3. The van der Waals surface area contributed by atoms with Crippen LogP contribution >= 0.6 is 50.7 Å². The summed E-state index contributed by atoms with van der Waals surface area (Å²) in [4.78, 5) is 51.4. The second kappa shape index (κ2) is 31.0. The van der Waals surface area contributed by atoms with Crippen LogP contribution in [-0.2, 0) is 19.7 Å².